The number of rotatable bonds is 7. The first-order valence-corrected chi connectivity index (χ1v) is 8.58. The van der Waals surface area contributed by atoms with Crippen LogP contribution >= 0.6 is 0 Å². The number of aliphatic hydroxyl groups is 1. The molecule has 1 amide bonds. The van der Waals surface area contributed by atoms with Crippen LogP contribution in [0.15, 0.2) is 60.7 Å². The maximum Gasteiger partial charge on any atom is 0.223 e. The number of amides is 1. The van der Waals surface area contributed by atoms with Crippen LogP contribution in [0.3, 0.4) is 0 Å². The Labute approximate surface area is 144 Å². The molecule has 0 aliphatic rings. The first-order valence-electron chi connectivity index (χ1n) is 8.58. The molecule has 24 heavy (non-hydrogen) atoms. The zero-order valence-electron chi connectivity index (χ0n) is 14.7. The monoisotopic (exact) mass is 325 g/mol. The van der Waals surface area contributed by atoms with Gasteiger partial charge in [-0.1, -0.05) is 67.6 Å². The van der Waals surface area contributed by atoms with Crippen LogP contribution in [-0.4, -0.2) is 29.0 Å². The molecule has 2 rings (SSSR count). The molecule has 0 aliphatic carbocycles. The van der Waals surface area contributed by atoms with E-state index in [1.165, 1.54) is 5.56 Å². The smallest absolute Gasteiger partial charge is 0.223 e. The van der Waals surface area contributed by atoms with Crippen molar-refractivity contribution < 1.29 is 9.90 Å². The second-order valence-corrected chi connectivity index (χ2v) is 6.32. The molecule has 2 aromatic rings. The zero-order valence-corrected chi connectivity index (χ0v) is 14.7. The molecule has 0 spiro atoms. The van der Waals surface area contributed by atoms with Crippen molar-refractivity contribution in [1.29, 1.82) is 0 Å². The fourth-order valence-corrected chi connectivity index (χ4v) is 2.95. The van der Waals surface area contributed by atoms with Crippen molar-refractivity contribution in [3.8, 4) is 0 Å². The lowest BCUT2D eigenvalue weighted by atomic mass is 9.92. The summed E-state index contributed by atoms with van der Waals surface area (Å²) < 4.78 is 0. The maximum absolute atomic E-state index is 12.7. The quantitative estimate of drug-likeness (QED) is 0.831. The summed E-state index contributed by atoms with van der Waals surface area (Å²) in [6.45, 7) is 3.99. The number of carbonyl (C=O) groups is 1. The van der Waals surface area contributed by atoms with Crippen LogP contribution in [0.25, 0.3) is 0 Å². The molecular weight excluding hydrogens is 298 g/mol. The molecule has 0 aliphatic heterocycles. The third kappa shape index (κ3) is 4.45. The van der Waals surface area contributed by atoms with Crippen molar-refractivity contribution in [3.63, 3.8) is 0 Å². The number of benzene rings is 2. The SMILES string of the molecule is CC[C@@H](CC(=O)N(C)[C@@H](C)[C@H](O)c1ccccc1)c1ccccc1. The van der Waals surface area contributed by atoms with Gasteiger partial charge in [0.25, 0.3) is 0 Å². The van der Waals surface area contributed by atoms with E-state index in [9.17, 15) is 9.90 Å². The molecule has 0 fully saturated rings. The summed E-state index contributed by atoms with van der Waals surface area (Å²) >= 11 is 0. The van der Waals surface area contributed by atoms with Crippen LogP contribution in [0.5, 0.6) is 0 Å². The highest BCUT2D eigenvalue weighted by atomic mass is 16.3. The largest absolute Gasteiger partial charge is 0.386 e. The van der Waals surface area contributed by atoms with Crippen LogP contribution < -0.4 is 0 Å². The van der Waals surface area contributed by atoms with Crippen LogP contribution in [0.4, 0.5) is 0 Å². The lowest BCUT2D eigenvalue weighted by molar-refractivity contribution is -0.134. The van der Waals surface area contributed by atoms with Gasteiger partial charge in [0, 0.05) is 13.5 Å². The van der Waals surface area contributed by atoms with Gasteiger partial charge < -0.3 is 10.0 Å². The van der Waals surface area contributed by atoms with Gasteiger partial charge in [0.15, 0.2) is 0 Å². The van der Waals surface area contributed by atoms with Gasteiger partial charge in [-0.2, -0.15) is 0 Å². The maximum atomic E-state index is 12.7. The summed E-state index contributed by atoms with van der Waals surface area (Å²) in [5.41, 5.74) is 2.03. The van der Waals surface area contributed by atoms with Crippen LogP contribution in [-0.2, 0) is 4.79 Å². The Kier molecular flexibility index (Phi) is 6.56. The normalized spacial score (nSPS) is 14.7. The number of hydrogen-bond donors (Lipinski definition) is 1. The molecule has 3 atom stereocenters. The Bertz CT molecular complexity index is 627. The first-order chi connectivity index (χ1) is 11.5. The van der Waals surface area contributed by atoms with E-state index in [1.807, 2.05) is 55.5 Å². The highest BCUT2D eigenvalue weighted by Crippen LogP contribution is 2.26. The average molecular weight is 325 g/mol. The summed E-state index contributed by atoms with van der Waals surface area (Å²) in [4.78, 5) is 14.3. The second kappa shape index (κ2) is 8.65. The molecule has 1 N–H and O–H groups in total. The predicted molar refractivity (Wildman–Crippen MR) is 97.7 cm³/mol. The van der Waals surface area contributed by atoms with Crippen molar-refractivity contribution >= 4 is 5.91 Å². The average Bonchev–Trinajstić information content (AvgIpc) is 2.65. The lowest BCUT2D eigenvalue weighted by Gasteiger charge is -2.30. The topological polar surface area (TPSA) is 40.5 Å². The van der Waals surface area contributed by atoms with Gasteiger partial charge in [0.2, 0.25) is 5.91 Å². The minimum atomic E-state index is -0.683. The van der Waals surface area contributed by atoms with Crippen molar-refractivity contribution in [2.45, 2.75) is 44.8 Å². The van der Waals surface area contributed by atoms with Gasteiger partial charge in [-0.05, 0) is 30.4 Å². The van der Waals surface area contributed by atoms with E-state index >= 15 is 0 Å². The van der Waals surface area contributed by atoms with Gasteiger partial charge in [-0.3, -0.25) is 4.79 Å². The molecule has 0 saturated carbocycles. The molecule has 0 radical (unpaired) electrons. The molecular formula is C21H27NO2. The Balaban J connectivity index is 2.03. The molecule has 0 heterocycles. The van der Waals surface area contributed by atoms with Gasteiger partial charge in [0.1, 0.15) is 0 Å². The summed E-state index contributed by atoms with van der Waals surface area (Å²) in [7, 11) is 1.77. The number of hydrogen-bond acceptors (Lipinski definition) is 2. The lowest BCUT2D eigenvalue weighted by Crippen LogP contribution is -2.39. The van der Waals surface area contributed by atoms with E-state index in [0.717, 1.165) is 12.0 Å². The number of carbonyl (C=O) groups excluding carboxylic acids is 1. The van der Waals surface area contributed by atoms with Gasteiger partial charge in [0.05, 0.1) is 12.1 Å². The molecule has 0 bridgehead atoms. The third-order valence-electron chi connectivity index (χ3n) is 4.79. The van der Waals surface area contributed by atoms with E-state index in [2.05, 4.69) is 19.1 Å². The number of aliphatic hydroxyl groups excluding tert-OH is 1. The van der Waals surface area contributed by atoms with Crippen LogP contribution in [0.2, 0.25) is 0 Å². The Hall–Kier alpha value is -2.13. The molecule has 128 valence electrons. The van der Waals surface area contributed by atoms with Crippen molar-refractivity contribution in [3.05, 3.63) is 71.8 Å². The van der Waals surface area contributed by atoms with E-state index in [4.69, 9.17) is 0 Å². The van der Waals surface area contributed by atoms with Gasteiger partial charge in [-0.25, -0.2) is 0 Å². The van der Waals surface area contributed by atoms with Gasteiger partial charge in [-0.15, -0.1) is 0 Å². The third-order valence-corrected chi connectivity index (χ3v) is 4.79. The summed E-state index contributed by atoms with van der Waals surface area (Å²) in [5.74, 6) is 0.274. The highest BCUT2D eigenvalue weighted by molar-refractivity contribution is 5.77. The Morgan fingerprint density at radius 2 is 1.50 bits per heavy atom. The summed E-state index contributed by atoms with van der Waals surface area (Å²) in [6, 6.07) is 19.4. The van der Waals surface area contributed by atoms with Crippen molar-refractivity contribution in [1.82, 2.24) is 4.90 Å². The standard InChI is InChI=1S/C21H27NO2/c1-4-17(18-11-7-5-8-12-18)15-20(23)22(3)16(2)21(24)19-13-9-6-10-14-19/h5-14,16-17,21,24H,4,15H2,1-3H3/t16-,17-,21-/m0/s1. The van der Waals surface area contributed by atoms with Crippen LogP contribution in [0, 0.1) is 0 Å². The minimum Gasteiger partial charge on any atom is -0.386 e. The molecule has 2 aromatic carbocycles. The van der Waals surface area contributed by atoms with E-state index in [1.54, 1.807) is 11.9 Å². The van der Waals surface area contributed by atoms with E-state index < -0.39 is 6.10 Å². The van der Waals surface area contributed by atoms with Crippen molar-refractivity contribution in [2.75, 3.05) is 7.05 Å². The number of nitrogens with zero attached hydrogens (tertiary/aromatic N) is 1. The minimum absolute atomic E-state index is 0.0631. The van der Waals surface area contributed by atoms with E-state index in [0.29, 0.717) is 6.42 Å². The molecule has 0 unspecified atom stereocenters. The molecule has 3 heteroatoms. The first kappa shape index (κ1) is 18.2. The fourth-order valence-electron chi connectivity index (χ4n) is 2.95. The zero-order chi connectivity index (χ0) is 17.5. The summed E-state index contributed by atoms with van der Waals surface area (Å²) in [5, 5.41) is 10.5. The number of likely N-dealkylation sites (N-methyl/N-ethyl adjacent to an activating group) is 1. The van der Waals surface area contributed by atoms with Crippen LogP contribution in [0.1, 0.15) is 49.8 Å². The molecule has 3 nitrogen and oxygen atoms in total. The van der Waals surface area contributed by atoms with E-state index in [-0.39, 0.29) is 17.9 Å². The predicted octanol–water partition coefficient (Wildman–Crippen LogP) is 4.15. The summed E-state index contributed by atoms with van der Waals surface area (Å²) in [6.07, 6.45) is 0.694. The second-order valence-electron chi connectivity index (χ2n) is 6.32. The van der Waals surface area contributed by atoms with Gasteiger partial charge >= 0.3 is 0 Å². The Morgan fingerprint density at radius 3 is 2.00 bits per heavy atom. The molecule has 0 saturated heterocycles. The molecule has 0 aromatic heterocycles. The highest BCUT2D eigenvalue weighted by Gasteiger charge is 2.25. The Morgan fingerprint density at radius 1 is 1.00 bits per heavy atom. The fraction of sp³-hybridized carbons (Fsp3) is 0.381. The van der Waals surface area contributed by atoms with Crippen molar-refractivity contribution in [2.24, 2.45) is 0 Å².